The van der Waals surface area contributed by atoms with Gasteiger partial charge in [0.1, 0.15) is 0 Å². The van der Waals surface area contributed by atoms with Crippen molar-refractivity contribution in [3.05, 3.63) is 63.4 Å². The summed E-state index contributed by atoms with van der Waals surface area (Å²) in [4.78, 5) is 27.7. The molecule has 7 heteroatoms. The van der Waals surface area contributed by atoms with E-state index in [-0.39, 0.29) is 5.69 Å². The van der Waals surface area contributed by atoms with E-state index in [0.717, 1.165) is 18.8 Å². The third kappa shape index (κ3) is 3.60. The minimum atomic E-state index is -0.534. The maximum absolute atomic E-state index is 12.7. The van der Waals surface area contributed by atoms with Crippen molar-refractivity contribution in [1.82, 2.24) is 9.78 Å². The van der Waals surface area contributed by atoms with Crippen LogP contribution in [0.1, 0.15) is 29.8 Å². The predicted octanol–water partition coefficient (Wildman–Crippen LogP) is 3.83. The molecule has 1 N–H and O–H groups in total. The summed E-state index contributed by atoms with van der Waals surface area (Å²) < 4.78 is 1.52. The number of aryl methyl sites for hydroxylation is 1. The molecule has 2 aromatic carbocycles. The Labute approximate surface area is 167 Å². The molecular weight excluding hydrogens is 376 g/mol. The quantitative estimate of drug-likeness (QED) is 0.730. The second-order valence-electron chi connectivity index (χ2n) is 7.01. The van der Waals surface area contributed by atoms with E-state index >= 15 is 0 Å². The Morgan fingerprint density at radius 1 is 1.07 bits per heavy atom. The van der Waals surface area contributed by atoms with E-state index in [1.165, 1.54) is 23.9 Å². The van der Waals surface area contributed by atoms with Gasteiger partial charge in [-0.2, -0.15) is 5.10 Å². The summed E-state index contributed by atoms with van der Waals surface area (Å²) in [5.74, 6) is -0.534. The average molecular weight is 397 g/mol. The third-order valence-electron chi connectivity index (χ3n) is 5.08. The highest BCUT2D eigenvalue weighted by Gasteiger charge is 2.17. The highest BCUT2D eigenvalue weighted by Crippen LogP contribution is 2.22. The molecule has 3 aromatic rings. The molecule has 6 nitrogen and oxygen atoms in total. The van der Waals surface area contributed by atoms with Crippen molar-refractivity contribution in [1.29, 1.82) is 0 Å². The molecule has 0 bridgehead atoms. The van der Waals surface area contributed by atoms with E-state index in [2.05, 4.69) is 15.3 Å². The lowest BCUT2D eigenvalue weighted by molar-refractivity contribution is 0.101. The lowest BCUT2D eigenvalue weighted by atomic mass is 10.1. The molecule has 0 spiro atoms. The summed E-state index contributed by atoms with van der Waals surface area (Å²) in [5, 5.41) is 7.74. The lowest BCUT2D eigenvalue weighted by Crippen LogP contribution is -2.29. The maximum Gasteiger partial charge on any atom is 0.280 e. The van der Waals surface area contributed by atoms with Gasteiger partial charge in [-0.3, -0.25) is 14.3 Å². The number of carbonyl (C=O) groups excluding carboxylic acids is 1. The highest BCUT2D eigenvalue weighted by atomic mass is 35.5. The second kappa shape index (κ2) is 7.64. The van der Waals surface area contributed by atoms with Crippen LogP contribution in [0.2, 0.25) is 5.02 Å². The van der Waals surface area contributed by atoms with E-state index in [9.17, 15) is 9.59 Å². The zero-order valence-corrected chi connectivity index (χ0v) is 16.4. The first-order valence-electron chi connectivity index (χ1n) is 9.36. The van der Waals surface area contributed by atoms with Gasteiger partial charge in [0.15, 0.2) is 5.69 Å². The number of fused-ring (bicyclic) bond motifs is 1. The van der Waals surface area contributed by atoms with Crippen molar-refractivity contribution in [3.8, 4) is 0 Å². The molecule has 1 amide bonds. The first kappa shape index (κ1) is 18.5. The SMILES string of the molecule is Cn1nc(C(=O)Nc2ccc(N3CCCCC3)cc2)c(=O)c2cc(Cl)ccc21. The van der Waals surface area contributed by atoms with Crippen molar-refractivity contribution in [2.24, 2.45) is 7.05 Å². The lowest BCUT2D eigenvalue weighted by Gasteiger charge is -2.28. The molecule has 0 unspecified atom stereocenters. The summed E-state index contributed by atoms with van der Waals surface area (Å²) in [6, 6.07) is 12.7. The summed E-state index contributed by atoms with van der Waals surface area (Å²) in [7, 11) is 1.69. The Bertz CT molecular complexity index is 1090. The normalized spacial score (nSPS) is 14.3. The van der Waals surface area contributed by atoms with Gasteiger partial charge in [0.2, 0.25) is 5.43 Å². The van der Waals surface area contributed by atoms with Crippen LogP contribution in [-0.2, 0) is 7.05 Å². The van der Waals surface area contributed by atoms with Gasteiger partial charge in [-0.05, 0) is 61.7 Å². The molecule has 1 aliphatic heterocycles. The third-order valence-corrected chi connectivity index (χ3v) is 5.31. The van der Waals surface area contributed by atoms with Gasteiger partial charge in [0.25, 0.3) is 5.91 Å². The zero-order chi connectivity index (χ0) is 19.7. The first-order valence-corrected chi connectivity index (χ1v) is 9.74. The Kier molecular flexibility index (Phi) is 5.05. The van der Waals surface area contributed by atoms with Crippen molar-refractivity contribution in [2.45, 2.75) is 19.3 Å². The van der Waals surface area contributed by atoms with E-state index in [0.29, 0.717) is 21.6 Å². The molecule has 1 saturated heterocycles. The molecular formula is C21H21ClN4O2. The highest BCUT2D eigenvalue weighted by molar-refractivity contribution is 6.31. The van der Waals surface area contributed by atoms with E-state index in [4.69, 9.17) is 11.6 Å². The predicted molar refractivity (Wildman–Crippen MR) is 112 cm³/mol. The number of anilines is 2. The van der Waals surface area contributed by atoms with Crippen molar-refractivity contribution in [3.63, 3.8) is 0 Å². The fourth-order valence-corrected chi connectivity index (χ4v) is 3.77. The zero-order valence-electron chi connectivity index (χ0n) is 15.6. The Morgan fingerprint density at radius 2 is 1.79 bits per heavy atom. The summed E-state index contributed by atoms with van der Waals surface area (Å²) in [5.41, 5.74) is 1.81. The fraction of sp³-hybridized carbons (Fsp3) is 0.286. The molecule has 1 aliphatic rings. The van der Waals surface area contributed by atoms with Gasteiger partial charge < -0.3 is 10.2 Å². The number of benzene rings is 2. The molecule has 1 fully saturated rings. The maximum atomic E-state index is 12.7. The van der Waals surface area contributed by atoms with Crippen molar-refractivity contribution < 1.29 is 4.79 Å². The molecule has 4 rings (SSSR count). The van der Waals surface area contributed by atoms with Crippen LogP contribution in [-0.4, -0.2) is 28.8 Å². The number of carbonyl (C=O) groups is 1. The van der Waals surface area contributed by atoms with Crippen LogP contribution in [0.5, 0.6) is 0 Å². The van der Waals surface area contributed by atoms with Crippen LogP contribution in [0.25, 0.3) is 10.9 Å². The minimum absolute atomic E-state index is 0.155. The average Bonchev–Trinajstić information content (AvgIpc) is 2.71. The van der Waals surface area contributed by atoms with Crippen LogP contribution in [0.15, 0.2) is 47.3 Å². The molecule has 1 aromatic heterocycles. The van der Waals surface area contributed by atoms with Crippen LogP contribution in [0.3, 0.4) is 0 Å². The van der Waals surface area contributed by atoms with Crippen LogP contribution < -0.4 is 15.6 Å². The van der Waals surface area contributed by atoms with Crippen LogP contribution in [0.4, 0.5) is 11.4 Å². The number of piperidine rings is 1. The van der Waals surface area contributed by atoms with Crippen LogP contribution in [0, 0.1) is 0 Å². The van der Waals surface area contributed by atoms with E-state index in [1.807, 2.05) is 24.3 Å². The molecule has 0 atom stereocenters. The number of hydrogen-bond donors (Lipinski definition) is 1. The minimum Gasteiger partial charge on any atom is -0.372 e. The molecule has 28 heavy (non-hydrogen) atoms. The van der Waals surface area contributed by atoms with E-state index < -0.39 is 11.3 Å². The number of halogens is 1. The number of amides is 1. The molecule has 2 heterocycles. The topological polar surface area (TPSA) is 67.2 Å². The number of hydrogen-bond acceptors (Lipinski definition) is 4. The Hall–Kier alpha value is -2.86. The molecule has 0 aliphatic carbocycles. The van der Waals surface area contributed by atoms with Crippen molar-refractivity contribution >= 4 is 39.8 Å². The number of nitrogens with one attached hydrogen (secondary N) is 1. The monoisotopic (exact) mass is 396 g/mol. The Balaban J connectivity index is 1.58. The molecule has 144 valence electrons. The van der Waals surface area contributed by atoms with Crippen LogP contribution >= 0.6 is 11.6 Å². The van der Waals surface area contributed by atoms with Gasteiger partial charge in [0, 0.05) is 36.5 Å². The number of rotatable bonds is 3. The fourth-order valence-electron chi connectivity index (χ4n) is 3.60. The smallest absolute Gasteiger partial charge is 0.280 e. The van der Waals surface area contributed by atoms with Gasteiger partial charge in [0.05, 0.1) is 10.9 Å². The van der Waals surface area contributed by atoms with Gasteiger partial charge in [-0.25, -0.2) is 0 Å². The molecule has 0 saturated carbocycles. The van der Waals surface area contributed by atoms with Gasteiger partial charge in [-0.15, -0.1) is 0 Å². The largest absolute Gasteiger partial charge is 0.372 e. The number of aromatic nitrogens is 2. The Morgan fingerprint density at radius 3 is 2.50 bits per heavy atom. The van der Waals surface area contributed by atoms with Gasteiger partial charge >= 0.3 is 0 Å². The van der Waals surface area contributed by atoms with E-state index in [1.54, 1.807) is 25.2 Å². The summed E-state index contributed by atoms with van der Waals surface area (Å²) in [6.07, 6.45) is 3.70. The summed E-state index contributed by atoms with van der Waals surface area (Å²) >= 11 is 6.01. The second-order valence-corrected chi connectivity index (χ2v) is 7.45. The first-order chi connectivity index (χ1) is 13.5. The number of nitrogens with zero attached hydrogens (tertiary/aromatic N) is 3. The standard InChI is InChI=1S/C21H21ClN4O2/c1-25-18-10-5-14(22)13-17(18)20(27)19(24-25)21(28)23-15-6-8-16(9-7-15)26-11-3-2-4-12-26/h5-10,13H,2-4,11-12H2,1H3,(H,23,28). The van der Waals surface area contributed by atoms with Gasteiger partial charge in [-0.1, -0.05) is 11.6 Å². The van der Waals surface area contributed by atoms with Crippen molar-refractivity contribution in [2.75, 3.05) is 23.3 Å². The summed E-state index contributed by atoms with van der Waals surface area (Å²) in [6.45, 7) is 2.12. The molecule has 0 radical (unpaired) electrons.